The number of fused-ring (bicyclic) bond motifs is 1. The minimum absolute atomic E-state index is 0.387. The van der Waals surface area contributed by atoms with Gasteiger partial charge >= 0.3 is 0 Å². The van der Waals surface area contributed by atoms with Crippen LogP contribution in [0.1, 0.15) is 19.2 Å². The minimum Gasteiger partial charge on any atom is -0.393 e. The molecule has 0 aliphatic rings. The third-order valence-corrected chi connectivity index (χ3v) is 3.76. The largest absolute Gasteiger partial charge is 0.393 e. The molecule has 0 spiro atoms. The Balaban J connectivity index is 1.89. The molecule has 3 aromatic heterocycles. The van der Waals surface area contributed by atoms with Crippen LogP contribution in [-0.4, -0.2) is 26.3 Å². The second-order valence-electron chi connectivity index (χ2n) is 4.31. The van der Waals surface area contributed by atoms with E-state index in [2.05, 4.69) is 15.1 Å². The van der Waals surface area contributed by atoms with E-state index in [1.54, 1.807) is 17.5 Å². The van der Waals surface area contributed by atoms with Crippen molar-refractivity contribution in [1.29, 1.82) is 0 Å². The molecular formula is C13H13N3O2S. The van der Waals surface area contributed by atoms with Gasteiger partial charge in [0.05, 0.1) is 22.7 Å². The number of hydrogen-bond donors (Lipinski definition) is 1. The molecule has 5 nitrogen and oxygen atoms in total. The zero-order valence-corrected chi connectivity index (χ0v) is 11.2. The van der Waals surface area contributed by atoms with Gasteiger partial charge in [0.25, 0.3) is 0 Å². The number of rotatable bonds is 4. The van der Waals surface area contributed by atoms with Gasteiger partial charge in [0.15, 0.2) is 0 Å². The van der Waals surface area contributed by atoms with Gasteiger partial charge in [0.1, 0.15) is 0 Å². The van der Waals surface area contributed by atoms with Crippen LogP contribution in [0, 0.1) is 0 Å². The molecule has 1 atom stereocenters. The highest BCUT2D eigenvalue weighted by Crippen LogP contribution is 2.24. The van der Waals surface area contributed by atoms with E-state index in [1.165, 1.54) is 0 Å². The molecule has 0 amide bonds. The van der Waals surface area contributed by atoms with Crippen LogP contribution in [-0.2, 0) is 6.42 Å². The Hall–Kier alpha value is -1.79. The first-order valence-electron chi connectivity index (χ1n) is 6.10. The zero-order chi connectivity index (χ0) is 13.2. The molecule has 0 radical (unpaired) electrons. The number of hydrogen-bond acceptors (Lipinski definition) is 6. The van der Waals surface area contributed by atoms with Crippen molar-refractivity contribution in [2.75, 3.05) is 0 Å². The molecule has 0 bridgehead atoms. The molecule has 0 aromatic carbocycles. The quantitative estimate of drug-likeness (QED) is 0.792. The molecule has 3 rings (SSSR count). The van der Waals surface area contributed by atoms with Crippen LogP contribution < -0.4 is 0 Å². The maximum Gasteiger partial charge on any atom is 0.229 e. The summed E-state index contributed by atoms with van der Waals surface area (Å²) >= 11 is 1.63. The second kappa shape index (κ2) is 5.07. The van der Waals surface area contributed by atoms with Crippen LogP contribution >= 0.6 is 11.3 Å². The van der Waals surface area contributed by atoms with E-state index in [0.29, 0.717) is 24.6 Å². The molecule has 0 aliphatic heterocycles. The van der Waals surface area contributed by atoms with Crippen molar-refractivity contribution in [3.8, 4) is 11.4 Å². The predicted octanol–water partition coefficient (Wildman–Crippen LogP) is 2.66. The van der Waals surface area contributed by atoms with Gasteiger partial charge in [-0.1, -0.05) is 12.1 Å². The van der Waals surface area contributed by atoms with E-state index in [9.17, 15) is 5.11 Å². The molecule has 1 N–H and O–H groups in total. The summed E-state index contributed by atoms with van der Waals surface area (Å²) in [7, 11) is 0. The summed E-state index contributed by atoms with van der Waals surface area (Å²) in [6.45, 7) is 1.91. The van der Waals surface area contributed by atoms with E-state index in [0.717, 1.165) is 15.8 Å². The molecule has 0 fully saturated rings. The second-order valence-corrected chi connectivity index (χ2v) is 5.25. The topological polar surface area (TPSA) is 72.0 Å². The van der Waals surface area contributed by atoms with Crippen molar-refractivity contribution in [2.45, 2.75) is 25.9 Å². The highest BCUT2D eigenvalue weighted by atomic mass is 32.1. The number of nitrogens with zero attached hydrogens (tertiary/aromatic N) is 3. The molecule has 0 saturated carbocycles. The first-order chi connectivity index (χ1) is 9.26. The number of thiophene rings is 1. The van der Waals surface area contributed by atoms with Gasteiger partial charge in [-0.2, -0.15) is 4.98 Å². The Morgan fingerprint density at radius 1 is 1.47 bits per heavy atom. The Morgan fingerprint density at radius 3 is 3.21 bits per heavy atom. The summed E-state index contributed by atoms with van der Waals surface area (Å²) in [5.74, 6) is 0.969. The summed E-state index contributed by atoms with van der Waals surface area (Å²) in [5, 5.41) is 15.5. The molecule has 1 unspecified atom stereocenters. The normalized spacial score (nSPS) is 12.9. The minimum atomic E-state index is -0.439. The number of pyridine rings is 1. The number of aliphatic hydroxyl groups excluding tert-OH is 1. The van der Waals surface area contributed by atoms with Gasteiger partial charge in [0, 0.05) is 11.8 Å². The molecular weight excluding hydrogens is 262 g/mol. The lowest BCUT2D eigenvalue weighted by Gasteiger charge is -2.01. The van der Waals surface area contributed by atoms with Crippen molar-refractivity contribution in [3.63, 3.8) is 0 Å². The van der Waals surface area contributed by atoms with Gasteiger partial charge in [0.2, 0.25) is 11.7 Å². The van der Waals surface area contributed by atoms with E-state index in [1.807, 2.05) is 24.4 Å². The Bertz CT molecular complexity index is 692. The SMILES string of the molecule is CCC(O)Cc1nc(-c2cnc3ccsc3c2)no1. The van der Waals surface area contributed by atoms with E-state index in [-0.39, 0.29) is 0 Å². The fraction of sp³-hybridized carbons (Fsp3) is 0.308. The zero-order valence-electron chi connectivity index (χ0n) is 10.4. The van der Waals surface area contributed by atoms with Crippen LogP contribution in [0.4, 0.5) is 0 Å². The molecule has 6 heteroatoms. The molecule has 0 saturated heterocycles. The van der Waals surface area contributed by atoms with Crippen LogP contribution in [0.25, 0.3) is 21.6 Å². The van der Waals surface area contributed by atoms with Crippen molar-refractivity contribution in [2.24, 2.45) is 0 Å². The first kappa shape index (κ1) is 12.3. The highest BCUT2D eigenvalue weighted by Gasteiger charge is 2.13. The van der Waals surface area contributed by atoms with Gasteiger partial charge < -0.3 is 9.63 Å². The maximum absolute atomic E-state index is 9.57. The van der Waals surface area contributed by atoms with Crippen LogP contribution in [0.5, 0.6) is 0 Å². The summed E-state index contributed by atoms with van der Waals surface area (Å²) in [6.07, 6.45) is 2.35. The molecule has 98 valence electrons. The molecule has 19 heavy (non-hydrogen) atoms. The van der Waals surface area contributed by atoms with Gasteiger partial charge in [-0.05, 0) is 23.9 Å². The van der Waals surface area contributed by atoms with E-state index >= 15 is 0 Å². The lowest BCUT2D eigenvalue weighted by molar-refractivity contribution is 0.158. The summed E-state index contributed by atoms with van der Waals surface area (Å²) < 4.78 is 6.23. The van der Waals surface area contributed by atoms with Gasteiger partial charge in [-0.3, -0.25) is 4.98 Å². The average molecular weight is 275 g/mol. The van der Waals surface area contributed by atoms with Crippen LogP contribution in [0.2, 0.25) is 0 Å². The van der Waals surface area contributed by atoms with Crippen LogP contribution in [0.15, 0.2) is 28.2 Å². The predicted molar refractivity (Wildman–Crippen MR) is 72.9 cm³/mol. The first-order valence-corrected chi connectivity index (χ1v) is 6.98. The molecule has 3 heterocycles. The smallest absolute Gasteiger partial charge is 0.229 e. The van der Waals surface area contributed by atoms with Gasteiger partial charge in [-0.15, -0.1) is 11.3 Å². The lowest BCUT2D eigenvalue weighted by Crippen LogP contribution is -2.08. The summed E-state index contributed by atoms with van der Waals surface area (Å²) in [6, 6.07) is 3.97. The highest BCUT2D eigenvalue weighted by molar-refractivity contribution is 7.17. The van der Waals surface area contributed by atoms with E-state index in [4.69, 9.17) is 4.52 Å². The van der Waals surface area contributed by atoms with Crippen molar-refractivity contribution in [3.05, 3.63) is 29.6 Å². The standard InChI is InChI=1S/C13H13N3O2S/c1-2-9(17)6-12-15-13(16-18-12)8-5-11-10(14-7-8)3-4-19-11/h3-5,7,9,17H,2,6H2,1H3. The molecule has 0 aliphatic carbocycles. The fourth-order valence-electron chi connectivity index (χ4n) is 1.77. The van der Waals surface area contributed by atoms with Crippen molar-refractivity contribution in [1.82, 2.24) is 15.1 Å². The average Bonchev–Trinajstić information content (AvgIpc) is 3.05. The molecule has 3 aromatic rings. The summed E-state index contributed by atoms with van der Waals surface area (Å²) in [4.78, 5) is 8.63. The fourth-order valence-corrected chi connectivity index (χ4v) is 2.55. The Labute approximate surface area is 113 Å². The monoisotopic (exact) mass is 275 g/mol. The maximum atomic E-state index is 9.57. The number of aliphatic hydroxyl groups is 1. The van der Waals surface area contributed by atoms with E-state index < -0.39 is 6.10 Å². The number of aromatic nitrogens is 3. The van der Waals surface area contributed by atoms with Gasteiger partial charge in [-0.25, -0.2) is 0 Å². The Kier molecular flexibility index (Phi) is 3.27. The van der Waals surface area contributed by atoms with Crippen molar-refractivity contribution >= 4 is 21.6 Å². The van der Waals surface area contributed by atoms with Crippen molar-refractivity contribution < 1.29 is 9.63 Å². The lowest BCUT2D eigenvalue weighted by atomic mass is 10.2. The van der Waals surface area contributed by atoms with Crippen LogP contribution in [0.3, 0.4) is 0 Å². The third-order valence-electron chi connectivity index (χ3n) is 2.91. The Morgan fingerprint density at radius 2 is 2.37 bits per heavy atom. The third kappa shape index (κ3) is 2.50. The summed E-state index contributed by atoms with van der Waals surface area (Å²) in [5.41, 5.74) is 1.80.